The van der Waals surface area contributed by atoms with E-state index in [1.807, 2.05) is 30.3 Å². The summed E-state index contributed by atoms with van der Waals surface area (Å²) in [6.07, 6.45) is 2.12. The van der Waals surface area contributed by atoms with Gasteiger partial charge in [0.2, 0.25) is 5.91 Å². The minimum absolute atomic E-state index is 0.0841. The van der Waals surface area contributed by atoms with Gasteiger partial charge >= 0.3 is 0 Å². The van der Waals surface area contributed by atoms with Crippen LogP contribution in [0.25, 0.3) is 0 Å². The molecule has 0 spiro atoms. The van der Waals surface area contributed by atoms with E-state index in [9.17, 15) is 4.79 Å². The molecule has 4 rings (SSSR count). The van der Waals surface area contributed by atoms with E-state index in [-0.39, 0.29) is 5.91 Å². The fourth-order valence-corrected chi connectivity index (χ4v) is 4.93. The number of amides is 1. The zero-order chi connectivity index (χ0) is 24.8. The molecule has 1 heterocycles. The molecular weight excluding hydrogens is 432 g/mol. The predicted octanol–water partition coefficient (Wildman–Crippen LogP) is 7.54. The number of nitrogens with one attached hydrogen (secondary N) is 1. The summed E-state index contributed by atoms with van der Waals surface area (Å²) in [5.41, 5.74) is 4.78. The van der Waals surface area contributed by atoms with Crippen LogP contribution in [0.2, 0.25) is 0 Å². The number of para-hydroxylation sites is 2. The predicted molar refractivity (Wildman–Crippen MR) is 145 cm³/mol. The van der Waals surface area contributed by atoms with E-state index in [1.165, 1.54) is 16.7 Å². The van der Waals surface area contributed by atoms with Crippen molar-refractivity contribution in [1.29, 1.82) is 0 Å². The van der Waals surface area contributed by atoms with Gasteiger partial charge in [-0.3, -0.25) is 9.69 Å². The maximum absolute atomic E-state index is 13.0. The molecule has 1 saturated heterocycles. The molecule has 0 aliphatic carbocycles. The van der Waals surface area contributed by atoms with E-state index < -0.39 is 0 Å². The van der Waals surface area contributed by atoms with Crippen LogP contribution in [0, 0.1) is 0 Å². The first-order valence-electron chi connectivity index (χ1n) is 12.9. The lowest BCUT2D eigenvalue weighted by Crippen LogP contribution is -2.39. The zero-order valence-corrected chi connectivity index (χ0v) is 21.5. The molecule has 0 atom stereocenters. The Balaban J connectivity index is 1.31. The van der Waals surface area contributed by atoms with Crippen molar-refractivity contribution >= 4 is 11.6 Å². The quantitative estimate of drug-likeness (QED) is 0.370. The minimum atomic E-state index is 0.0841. The smallest absolute Gasteiger partial charge is 0.238 e. The van der Waals surface area contributed by atoms with Gasteiger partial charge in [-0.2, -0.15) is 0 Å². The van der Waals surface area contributed by atoms with Crippen LogP contribution >= 0.6 is 0 Å². The van der Waals surface area contributed by atoms with Crippen LogP contribution in [0.15, 0.2) is 72.8 Å². The Morgan fingerprint density at radius 2 is 1.40 bits per heavy atom. The third-order valence-electron chi connectivity index (χ3n) is 6.92. The number of nitrogens with zero attached hydrogens (tertiary/aromatic N) is 1. The molecular formula is C31H38N2O2. The summed E-state index contributed by atoms with van der Waals surface area (Å²) in [6, 6.07) is 24.7. The Morgan fingerprint density at radius 3 is 1.97 bits per heavy atom. The molecule has 184 valence electrons. The highest BCUT2D eigenvalue weighted by atomic mass is 16.5. The summed E-state index contributed by atoms with van der Waals surface area (Å²) in [6.45, 7) is 11.0. The molecule has 4 nitrogen and oxygen atoms in total. The van der Waals surface area contributed by atoms with Crippen molar-refractivity contribution in [3.63, 3.8) is 0 Å². The van der Waals surface area contributed by atoms with Gasteiger partial charge in [-0.25, -0.2) is 0 Å². The summed E-state index contributed by atoms with van der Waals surface area (Å²) >= 11 is 0. The Hall–Kier alpha value is -3.11. The van der Waals surface area contributed by atoms with Gasteiger partial charge in [0.1, 0.15) is 11.5 Å². The van der Waals surface area contributed by atoms with Gasteiger partial charge in [-0.1, -0.05) is 76.2 Å². The largest absolute Gasteiger partial charge is 0.457 e. The molecule has 3 aromatic carbocycles. The first-order chi connectivity index (χ1) is 16.9. The van der Waals surface area contributed by atoms with Gasteiger partial charge in [0.15, 0.2) is 0 Å². The Bertz CT molecular complexity index is 1070. The van der Waals surface area contributed by atoms with Gasteiger partial charge in [0.05, 0.1) is 6.54 Å². The molecule has 1 N–H and O–H groups in total. The number of ether oxygens (including phenoxy) is 1. The number of hydrogen-bond donors (Lipinski definition) is 1. The van der Waals surface area contributed by atoms with Gasteiger partial charge < -0.3 is 10.1 Å². The van der Waals surface area contributed by atoms with Crippen molar-refractivity contribution in [2.45, 2.75) is 58.3 Å². The highest BCUT2D eigenvalue weighted by Crippen LogP contribution is 2.33. The molecule has 1 aliphatic heterocycles. The summed E-state index contributed by atoms with van der Waals surface area (Å²) in [7, 11) is 0. The standard InChI is InChI=1S/C31H38N2O2/c1-22(2)28-11-8-12-29(23(3)4)31(28)32-30(34)21-33-19-17-25(18-20-33)24-13-15-27(16-14-24)35-26-9-6-5-7-10-26/h5-16,22-23,25H,17-21H2,1-4H3,(H,32,34). The first kappa shape index (κ1) is 25.0. The molecule has 35 heavy (non-hydrogen) atoms. The number of carbonyl (C=O) groups is 1. The minimum Gasteiger partial charge on any atom is -0.457 e. The second-order valence-electron chi connectivity index (χ2n) is 10.2. The topological polar surface area (TPSA) is 41.6 Å². The average Bonchev–Trinajstić information content (AvgIpc) is 2.85. The average molecular weight is 471 g/mol. The van der Waals surface area contributed by atoms with E-state index >= 15 is 0 Å². The van der Waals surface area contributed by atoms with Crippen LogP contribution in [0.4, 0.5) is 5.69 Å². The van der Waals surface area contributed by atoms with Crippen molar-refractivity contribution < 1.29 is 9.53 Å². The first-order valence-corrected chi connectivity index (χ1v) is 12.9. The fraction of sp³-hybridized carbons (Fsp3) is 0.387. The molecule has 0 unspecified atom stereocenters. The molecule has 3 aromatic rings. The van der Waals surface area contributed by atoms with E-state index in [0.29, 0.717) is 24.3 Å². The van der Waals surface area contributed by atoms with E-state index in [4.69, 9.17) is 4.74 Å². The highest BCUT2D eigenvalue weighted by Gasteiger charge is 2.23. The third kappa shape index (κ3) is 6.52. The van der Waals surface area contributed by atoms with Crippen LogP contribution in [0.1, 0.15) is 75.0 Å². The summed E-state index contributed by atoms with van der Waals surface area (Å²) in [5, 5.41) is 3.26. The van der Waals surface area contributed by atoms with Crippen LogP contribution in [0.3, 0.4) is 0 Å². The number of carbonyl (C=O) groups excluding carboxylic acids is 1. The Kier molecular flexibility index (Phi) is 8.25. The van der Waals surface area contributed by atoms with Gasteiger partial charge in [-0.15, -0.1) is 0 Å². The zero-order valence-electron chi connectivity index (χ0n) is 21.5. The number of rotatable bonds is 8. The lowest BCUT2D eigenvalue weighted by Gasteiger charge is -2.32. The van der Waals surface area contributed by atoms with Crippen LogP contribution in [0.5, 0.6) is 11.5 Å². The number of anilines is 1. The summed E-state index contributed by atoms with van der Waals surface area (Å²) in [4.78, 5) is 15.3. The van der Waals surface area contributed by atoms with Gasteiger partial charge in [-0.05, 0) is 84.6 Å². The molecule has 0 aromatic heterocycles. The Morgan fingerprint density at radius 1 is 0.829 bits per heavy atom. The van der Waals surface area contributed by atoms with E-state index in [0.717, 1.165) is 43.1 Å². The van der Waals surface area contributed by atoms with Crippen molar-refractivity contribution in [3.05, 3.63) is 89.5 Å². The highest BCUT2D eigenvalue weighted by molar-refractivity contribution is 5.94. The van der Waals surface area contributed by atoms with Crippen molar-refractivity contribution in [2.24, 2.45) is 0 Å². The molecule has 1 aliphatic rings. The number of benzene rings is 3. The molecule has 1 fully saturated rings. The number of hydrogen-bond acceptors (Lipinski definition) is 3. The number of piperidine rings is 1. The van der Waals surface area contributed by atoms with Gasteiger partial charge in [0.25, 0.3) is 0 Å². The molecule has 1 amide bonds. The van der Waals surface area contributed by atoms with Crippen LogP contribution in [-0.2, 0) is 4.79 Å². The molecule has 0 radical (unpaired) electrons. The SMILES string of the molecule is CC(C)c1cccc(C(C)C)c1NC(=O)CN1CCC(c2ccc(Oc3ccccc3)cc2)CC1. The van der Waals surface area contributed by atoms with E-state index in [2.05, 4.69) is 80.4 Å². The van der Waals surface area contributed by atoms with Crippen LogP contribution in [-0.4, -0.2) is 30.4 Å². The Labute approximate surface area is 210 Å². The van der Waals surface area contributed by atoms with Crippen molar-refractivity contribution in [2.75, 3.05) is 25.0 Å². The fourth-order valence-electron chi connectivity index (χ4n) is 4.93. The van der Waals surface area contributed by atoms with Gasteiger partial charge in [0, 0.05) is 5.69 Å². The lowest BCUT2D eigenvalue weighted by molar-refractivity contribution is -0.117. The lowest BCUT2D eigenvalue weighted by atomic mass is 9.89. The molecule has 0 saturated carbocycles. The third-order valence-corrected chi connectivity index (χ3v) is 6.92. The maximum atomic E-state index is 13.0. The molecule has 0 bridgehead atoms. The normalized spacial score (nSPS) is 14.9. The summed E-state index contributed by atoms with van der Waals surface area (Å²) < 4.78 is 5.92. The second kappa shape index (κ2) is 11.5. The van der Waals surface area contributed by atoms with E-state index in [1.54, 1.807) is 0 Å². The monoisotopic (exact) mass is 470 g/mol. The second-order valence-corrected chi connectivity index (χ2v) is 10.2. The maximum Gasteiger partial charge on any atom is 0.238 e. The summed E-state index contributed by atoms with van der Waals surface area (Å²) in [5.74, 6) is 3.04. The molecule has 4 heteroatoms. The van der Waals surface area contributed by atoms with Crippen molar-refractivity contribution in [3.8, 4) is 11.5 Å². The number of likely N-dealkylation sites (tertiary alicyclic amines) is 1. The van der Waals surface area contributed by atoms with Crippen molar-refractivity contribution in [1.82, 2.24) is 4.90 Å². The van der Waals surface area contributed by atoms with Crippen LogP contribution < -0.4 is 10.1 Å².